The van der Waals surface area contributed by atoms with E-state index in [0.29, 0.717) is 18.8 Å². The Bertz CT molecular complexity index is 631. The van der Waals surface area contributed by atoms with Gasteiger partial charge in [-0.25, -0.2) is 4.98 Å². The van der Waals surface area contributed by atoms with Gasteiger partial charge in [-0.2, -0.15) is 0 Å². The van der Waals surface area contributed by atoms with Crippen LogP contribution in [0, 0.1) is 6.92 Å². The van der Waals surface area contributed by atoms with Crippen molar-refractivity contribution in [2.45, 2.75) is 19.5 Å². The van der Waals surface area contributed by atoms with Crippen molar-refractivity contribution >= 4 is 42.1 Å². The molecule has 0 saturated carbocycles. The molecule has 134 valence electrons. The Morgan fingerprint density at radius 3 is 2.42 bits per heavy atom. The third kappa shape index (κ3) is 6.03. The maximum absolute atomic E-state index is 12.2. The number of aryl methyl sites for hydroxylation is 1. The average Bonchev–Trinajstić information content (AvgIpc) is 2.98. The van der Waals surface area contributed by atoms with Crippen LogP contribution in [0.5, 0.6) is 0 Å². The van der Waals surface area contributed by atoms with Crippen LogP contribution >= 0.6 is 36.2 Å². The van der Waals surface area contributed by atoms with Crippen molar-refractivity contribution in [3.05, 3.63) is 51.5 Å². The Morgan fingerprint density at radius 2 is 1.92 bits per heavy atom. The fourth-order valence-electron chi connectivity index (χ4n) is 2.18. The Morgan fingerprint density at radius 1 is 1.29 bits per heavy atom. The highest BCUT2D eigenvalue weighted by molar-refractivity contribution is 7.09. The molecule has 3 N–H and O–H groups in total. The van der Waals surface area contributed by atoms with E-state index in [2.05, 4.69) is 46.4 Å². The predicted octanol–water partition coefficient (Wildman–Crippen LogP) is 2.79. The SMILES string of the molecule is Cc1ccc(C(CNC(=O)c2csc(CN)n2)N(C)C)cc1.Cl.Cl. The molecule has 5 nitrogen and oxygen atoms in total. The quantitative estimate of drug-likeness (QED) is 0.795. The number of aromatic nitrogens is 1. The molecule has 0 aliphatic carbocycles. The first-order chi connectivity index (χ1) is 10.5. The number of likely N-dealkylation sites (N-methyl/N-ethyl adjacent to an activating group) is 1. The third-order valence-electron chi connectivity index (χ3n) is 3.50. The smallest absolute Gasteiger partial charge is 0.270 e. The molecule has 2 rings (SSSR count). The molecular formula is C16H24Cl2N4OS. The largest absolute Gasteiger partial charge is 0.349 e. The highest BCUT2D eigenvalue weighted by Gasteiger charge is 2.17. The van der Waals surface area contributed by atoms with Crippen LogP contribution in [0.2, 0.25) is 0 Å². The van der Waals surface area contributed by atoms with Crippen LogP contribution in [-0.2, 0) is 6.54 Å². The number of thiazole rings is 1. The van der Waals surface area contributed by atoms with E-state index in [1.54, 1.807) is 5.38 Å². The number of nitrogens with two attached hydrogens (primary N) is 1. The van der Waals surface area contributed by atoms with E-state index in [9.17, 15) is 4.79 Å². The maximum atomic E-state index is 12.2. The summed E-state index contributed by atoms with van der Waals surface area (Å²) in [6, 6.07) is 8.49. The normalized spacial score (nSPS) is 11.4. The molecular weight excluding hydrogens is 367 g/mol. The first kappa shape index (κ1) is 22.8. The Kier molecular flexibility index (Phi) is 10.1. The Hall–Kier alpha value is -1.18. The molecule has 0 spiro atoms. The molecule has 0 saturated heterocycles. The number of rotatable bonds is 6. The number of benzene rings is 1. The van der Waals surface area contributed by atoms with E-state index < -0.39 is 0 Å². The van der Waals surface area contributed by atoms with Gasteiger partial charge in [0.05, 0.1) is 6.04 Å². The van der Waals surface area contributed by atoms with Gasteiger partial charge in [0.2, 0.25) is 0 Å². The second-order valence-corrected chi connectivity index (χ2v) is 6.37. The summed E-state index contributed by atoms with van der Waals surface area (Å²) in [5.74, 6) is -0.157. The minimum Gasteiger partial charge on any atom is -0.349 e. The van der Waals surface area contributed by atoms with Gasteiger partial charge in [0.1, 0.15) is 10.7 Å². The predicted molar refractivity (Wildman–Crippen MR) is 104 cm³/mol. The van der Waals surface area contributed by atoms with E-state index in [4.69, 9.17) is 5.73 Å². The van der Waals surface area contributed by atoms with Crippen molar-refractivity contribution in [1.29, 1.82) is 0 Å². The molecule has 1 aromatic carbocycles. The zero-order valence-electron chi connectivity index (χ0n) is 14.0. The van der Waals surface area contributed by atoms with Gasteiger partial charge < -0.3 is 16.0 Å². The zero-order valence-corrected chi connectivity index (χ0v) is 16.4. The summed E-state index contributed by atoms with van der Waals surface area (Å²) in [5, 5.41) is 5.47. The summed E-state index contributed by atoms with van der Waals surface area (Å²) in [5.41, 5.74) is 8.36. The molecule has 0 fully saturated rings. The van der Waals surface area contributed by atoms with E-state index in [1.165, 1.54) is 22.5 Å². The van der Waals surface area contributed by atoms with Gasteiger partial charge in [0.15, 0.2) is 0 Å². The van der Waals surface area contributed by atoms with Crippen LogP contribution in [0.25, 0.3) is 0 Å². The van der Waals surface area contributed by atoms with E-state index in [-0.39, 0.29) is 36.8 Å². The van der Waals surface area contributed by atoms with Gasteiger partial charge in [-0.15, -0.1) is 36.2 Å². The maximum Gasteiger partial charge on any atom is 0.270 e. The number of halogens is 2. The lowest BCUT2D eigenvalue weighted by atomic mass is 10.0. The van der Waals surface area contributed by atoms with Crippen molar-refractivity contribution in [3.8, 4) is 0 Å². The van der Waals surface area contributed by atoms with Crippen molar-refractivity contribution < 1.29 is 4.79 Å². The molecule has 2 aromatic rings. The molecule has 0 radical (unpaired) electrons. The lowest BCUT2D eigenvalue weighted by Gasteiger charge is -2.25. The number of carbonyl (C=O) groups is 1. The summed E-state index contributed by atoms with van der Waals surface area (Å²) in [6.07, 6.45) is 0. The van der Waals surface area contributed by atoms with Gasteiger partial charge in [0, 0.05) is 18.5 Å². The lowest BCUT2D eigenvalue weighted by Crippen LogP contribution is -2.34. The van der Waals surface area contributed by atoms with Gasteiger partial charge >= 0.3 is 0 Å². The minimum absolute atomic E-state index is 0. The molecule has 0 aliphatic rings. The number of hydrogen-bond acceptors (Lipinski definition) is 5. The van der Waals surface area contributed by atoms with Gasteiger partial charge in [0.25, 0.3) is 5.91 Å². The number of nitrogens with zero attached hydrogens (tertiary/aromatic N) is 2. The first-order valence-corrected chi connectivity index (χ1v) is 8.05. The summed E-state index contributed by atoms with van der Waals surface area (Å²) in [4.78, 5) is 18.5. The summed E-state index contributed by atoms with van der Waals surface area (Å²) >= 11 is 1.41. The van der Waals surface area contributed by atoms with Crippen LogP contribution in [0.4, 0.5) is 0 Å². The number of carbonyl (C=O) groups excluding carboxylic acids is 1. The zero-order chi connectivity index (χ0) is 16.1. The summed E-state index contributed by atoms with van der Waals surface area (Å²) in [6.45, 7) is 2.96. The summed E-state index contributed by atoms with van der Waals surface area (Å²) in [7, 11) is 4.01. The van der Waals surface area contributed by atoms with Crippen molar-refractivity contribution in [3.63, 3.8) is 0 Å². The number of nitrogens with one attached hydrogen (secondary N) is 1. The number of hydrogen-bond donors (Lipinski definition) is 2. The standard InChI is InChI=1S/C16H22N4OS.2ClH/c1-11-4-6-12(7-5-11)14(20(2)3)9-18-16(21)13-10-22-15(8-17)19-13;;/h4-7,10,14H,8-9,17H2,1-3H3,(H,18,21);2*1H. The van der Waals surface area contributed by atoms with Gasteiger partial charge in [-0.1, -0.05) is 29.8 Å². The van der Waals surface area contributed by atoms with Crippen molar-refractivity contribution in [1.82, 2.24) is 15.2 Å². The van der Waals surface area contributed by atoms with Crippen molar-refractivity contribution in [2.24, 2.45) is 5.73 Å². The fraction of sp³-hybridized carbons (Fsp3) is 0.375. The minimum atomic E-state index is -0.157. The molecule has 8 heteroatoms. The van der Waals surface area contributed by atoms with E-state index in [1.807, 2.05) is 14.1 Å². The van der Waals surface area contributed by atoms with E-state index in [0.717, 1.165) is 5.01 Å². The Balaban J connectivity index is 0.00000264. The highest BCUT2D eigenvalue weighted by atomic mass is 35.5. The second-order valence-electron chi connectivity index (χ2n) is 5.43. The van der Waals surface area contributed by atoms with E-state index >= 15 is 0 Å². The van der Waals surface area contributed by atoms with Crippen LogP contribution in [0.3, 0.4) is 0 Å². The van der Waals surface area contributed by atoms with Gasteiger partial charge in [-0.3, -0.25) is 4.79 Å². The Labute approximate surface area is 159 Å². The molecule has 24 heavy (non-hydrogen) atoms. The average molecular weight is 391 g/mol. The van der Waals surface area contributed by atoms with Crippen molar-refractivity contribution in [2.75, 3.05) is 20.6 Å². The molecule has 0 aliphatic heterocycles. The highest BCUT2D eigenvalue weighted by Crippen LogP contribution is 2.18. The van der Waals surface area contributed by atoms with Crippen LogP contribution < -0.4 is 11.1 Å². The monoisotopic (exact) mass is 390 g/mol. The lowest BCUT2D eigenvalue weighted by molar-refractivity contribution is 0.0937. The topological polar surface area (TPSA) is 71.2 Å². The molecule has 1 unspecified atom stereocenters. The summed E-state index contributed by atoms with van der Waals surface area (Å²) < 4.78 is 0. The van der Waals surface area contributed by atoms with Gasteiger partial charge in [-0.05, 0) is 26.6 Å². The van der Waals surface area contributed by atoms with Crippen LogP contribution in [-0.4, -0.2) is 36.4 Å². The second kappa shape index (κ2) is 10.6. The molecule has 1 atom stereocenters. The van der Waals surface area contributed by atoms with Crippen LogP contribution in [0.15, 0.2) is 29.6 Å². The molecule has 1 amide bonds. The first-order valence-electron chi connectivity index (χ1n) is 7.17. The number of amides is 1. The third-order valence-corrected chi connectivity index (χ3v) is 4.37. The fourth-order valence-corrected chi connectivity index (χ4v) is 2.83. The molecule has 1 heterocycles. The molecule has 1 aromatic heterocycles. The van der Waals surface area contributed by atoms with Crippen LogP contribution in [0.1, 0.15) is 32.7 Å². The molecule has 0 bridgehead atoms.